The molecule has 2 rings (SSSR count). The van der Waals surface area contributed by atoms with Gasteiger partial charge in [0.15, 0.2) is 0 Å². The van der Waals surface area contributed by atoms with Gasteiger partial charge in [-0.1, -0.05) is 22.0 Å². The van der Waals surface area contributed by atoms with Crippen molar-refractivity contribution in [3.63, 3.8) is 0 Å². The second-order valence-corrected chi connectivity index (χ2v) is 4.01. The number of hydrogen-bond donors (Lipinski definition) is 1. The molecule has 0 aromatic heterocycles. The van der Waals surface area contributed by atoms with E-state index in [0.717, 1.165) is 22.0 Å². The minimum atomic E-state index is -0.870. The van der Waals surface area contributed by atoms with E-state index in [1.807, 2.05) is 12.1 Å². The first-order valence-electron chi connectivity index (χ1n) is 3.89. The molecule has 0 atom stereocenters. The molecule has 0 amide bonds. The Morgan fingerprint density at radius 2 is 2.23 bits per heavy atom. The quantitative estimate of drug-likeness (QED) is 0.817. The summed E-state index contributed by atoms with van der Waals surface area (Å²) in [7, 11) is 0. The molecule has 0 bridgehead atoms. The summed E-state index contributed by atoms with van der Waals surface area (Å²) in [6, 6.07) is 5.19. The highest BCUT2D eigenvalue weighted by Gasteiger charge is 2.12. The summed E-state index contributed by atoms with van der Waals surface area (Å²) >= 11 is 3.39. The fraction of sp³-hybridized carbons (Fsp3) is 0.100. The molecule has 1 aliphatic carbocycles. The average molecular weight is 239 g/mol. The second-order valence-electron chi connectivity index (χ2n) is 2.99. The van der Waals surface area contributed by atoms with Crippen molar-refractivity contribution in [1.29, 1.82) is 0 Å². The van der Waals surface area contributed by atoms with Crippen molar-refractivity contribution < 1.29 is 9.90 Å². The van der Waals surface area contributed by atoms with Crippen molar-refractivity contribution in [2.45, 2.75) is 6.42 Å². The topological polar surface area (TPSA) is 37.3 Å². The van der Waals surface area contributed by atoms with Crippen molar-refractivity contribution in [3.05, 3.63) is 39.4 Å². The first-order chi connectivity index (χ1) is 6.16. The monoisotopic (exact) mass is 238 g/mol. The van der Waals surface area contributed by atoms with Gasteiger partial charge in [-0.3, -0.25) is 0 Å². The van der Waals surface area contributed by atoms with Gasteiger partial charge in [-0.05, 0) is 29.3 Å². The molecular weight excluding hydrogens is 232 g/mol. The Bertz CT molecular complexity index is 407. The predicted molar refractivity (Wildman–Crippen MR) is 54.0 cm³/mol. The van der Waals surface area contributed by atoms with Crippen molar-refractivity contribution in [2.24, 2.45) is 0 Å². The third kappa shape index (κ3) is 1.52. The molecular formula is C10H7BrO2. The molecule has 0 saturated heterocycles. The number of carbonyl (C=O) groups is 1. The van der Waals surface area contributed by atoms with E-state index in [9.17, 15) is 4.79 Å². The molecule has 0 unspecified atom stereocenters. The molecule has 13 heavy (non-hydrogen) atoms. The molecule has 66 valence electrons. The fourth-order valence-electron chi connectivity index (χ4n) is 1.43. The summed E-state index contributed by atoms with van der Waals surface area (Å²) in [6.45, 7) is 0. The normalized spacial score (nSPS) is 13.8. The van der Waals surface area contributed by atoms with E-state index in [1.165, 1.54) is 0 Å². The standard InChI is InChI=1S/C10H7BrO2/c11-9-4-6-1-2-7(10(12)13)3-8(6)5-9/h1-4H,5H2,(H,12,13). The Morgan fingerprint density at radius 1 is 1.46 bits per heavy atom. The summed E-state index contributed by atoms with van der Waals surface area (Å²) in [5.74, 6) is -0.870. The summed E-state index contributed by atoms with van der Waals surface area (Å²) in [4.78, 5) is 10.7. The average Bonchev–Trinajstić information content (AvgIpc) is 2.42. The third-order valence-electron chi connectivity index (χ3n) is 2.06. The van der Waals surface area contributed by atoms with Gasteiger partial charge in [0.2, 0.25) is 0 Å². The van der Waals surface area contributed by atoms with Gasteiger partial charge in [-0.2, -0.15) is 0 Å². The van der Waals surface area contributed by atoms with Gasteiger partial charge >= 0.3 is 5.97 Å². The molecule has 0 aliphatic heterocycles. The lowest BCUT2D eigenvalue weighted by Gasteiger charge is -1.99. The van der Waals surface area contributed by atoms with E-state index in [-0.39, 0.29) is 0 Å². The molecule has 0 spiro atoms. The minimum absolute atomic E-state index is 0.356. The number of carboxylic acid groups (broad SMARTS) is 1. The molecule has 1 N–H and O–H groups in total. The molecule has 0 saturated carbocycles. The number of carboxylic acids is 1. The van der Waals surface area contributed by atoms with Crippen molar-refractivity contribution in [2.75, 3.05) is 0 Å². The van der Waals surface area contributed by atoms with Crippen LogP contribution in [-0.4, -0.2) is 11.1 Å². The van der Waals surface area contributed by atoms with Crippen LogP contribution in [0.15, 0.2) is 22.7 Å². The number of halogens is 1. The van der Waals surface area contributed by atoms with Crippen molar-refractivity contribution >= 4 is 28.0 Å². The molecule has 2 nitrogen and oxygen atoms in total. The SMILES string of the molecule is O=C(O)c1ccc2c(c1)CC(Br)=C2. The van der Waals surface area contributed by atoms with E-state index in [1.54, 1.807) is 12.1 Å². The smallest absolute Gasteiger partial charge is 0.335 e. The van der Waals surface area contributed by atoms with Gasteiger partial charge in [-0.15, -0.1) is 0 Å². The number of allylic oxidation sites excluding steroid dienone is 1. The van der Waals surface area contributed by atoms with Gasteiger partial charge < -0.3 is 5.11 Å². The van der Waals surface area contributed by atoms with Crippen LogP contribution in [0.2, 0.25) is 0 Å². The lowest BCUT2D eigenvalue weighted by atomic mass is 10.1. The molecule has 0 fully saturated rings. The fourth-order valence-corrected chi connectivity index (χ4v) is 1.98. The number of rotatable bonds is 1. The summed E-state index contributed by atoms with van der Waals surface area (Å²) < 4.78 is 1.10. The Balaban J connectivity index is 2.45. The van der Waals surface area contributed by atoms with Crippen LogP contribution in [0.3, 0.4) is 0 Å². The maximum atomic E-state index is 10.7. The van der Waals surface area contributed by atoms with E-state index >= 15 is 0 Å². The minimum Gasteiger partial charge on any atom is -0.478 e. The number of hydrogen-bond acceptors (Lipinski definition) is 1. The molecule has 1 aromatic rings. The number of benzene rings is 1. The van der Waals surface area contributed by atoms with Crippen LogP contribution in [0.5, 0.6) is 0 Å². The van der Waals surface area contributed by atoms with Crippen LogP contribution in [0.1, 0.15) is 21.5 Å². The summed E-state index contributed by atoms with van der Waals surface area (Å²) in [5, 5.41) is 8.75. The zero-order chi connectivity index (χ0) is 9.42. The Kier molecular flexibility index (Phi) is 1.96. The van der Waals surface area contributed by atoms with Gasteiger partial charge in [-0.25, -0.2) is 4.79 Å². The highest BCUT2D eigenvalue weighted by atomic mass is 79.9. The van der Waals surface area contributed by atoms with E-state index in [2.05, 4.69) is 15.9 Å². The zero-order valence-corrected chi connectivity index (χ0v) is 8.34. The van der Waals surface area contributed by atoms with E-state index < -0.39 is 5.97 Å². The number of fused-ring (bicyclic) bond motifs is 1. The van der Waals surface area contributed by atoms with Crippen LogP contribution in [0.4, 0.5) is 0 Å². The lowest BCUT2D eigenvalue weighted by molar-refractivity contribution is 0.0697. The van der Waals surface area contributed by atoms with Gasteiger partial charge in [0.1, 0.15) is 0 Å². The van der Waals surface area contributed by atoms with Crippen molar-refractivity contribution in [3.8, 4) is 0 Å². The Hall–Kier alpha value is -1.09. The highest BCUT2D eigenvalue weighted by Crippen LogP contribution is 2.28. The Labute approximate surface area is 84.0 Å². The van der Waals surface area contributed by atoms with Crippen LogP contribution >= 0.6 is 15.9 Å². The first kappa shape index (κ1) is 8.51. The Morgan fingerprint density at radius 3 is 2.92 bits per heavy atom. The maximum absolute atomic E-state index is 10.7. The largest absolute Gasteiger partial charge is 0.478 e. The second kappa shape index (κ2) is 3.00. The molecule has 0 heterocycles. The van der Waals surface area contributed by atoms with Crippen LogP contribution < -0.4 is 0 Å². The summed E-state index contributed by atoms with van der Waals surface area (Å²) in [6.07, 6.45) is 2.82. The maximum Gasteiger partial charge on any atom is 0.335 e. The third-order valence-corrected chi connectivity index (χ3v) is 2.57. The van der Waals surface area contributed by atoms with E-state index in [4.69, 9.17) is 5.11 Å². The first-order valence-corrected chi connectivity index (χ1v) is 4.68. The lowest BCUT2D eigenvalue weighted by Crippen LogP contribution is -1.97. The van der Waals surface area contributed by atoms with Crippen LogP contribution in [0, 0.1) is 0 Å². The highest BCUT2D eigenvalue weighted by molar-refractivity contribution is 9.11. The number of aromatic carboxylic acids is 1. The van der Waals surface area contributed by atoms with Gasteiger partial charge in [0, 0.05) is 10.9 Å². The predicted octanol–water partition coefficient (Wildman–Crippen LogP) is 2.68. The van der Waals surface area contributed by atoms with Crippen LogP contribution in [-0.2, 0) is 6.42 Å². The van der Waals surface area contributed by atoms with Gasteiger partial charge in [0.25, 0.3) is 0 Å². The van der Waals surface area contributed by atoms with E-state index in [0.29, 0.717) is 5.56 Å². The molecule has 0 radical (unpaired) electrons. The zero-order valence-electron chi connectivity index (χ0n) is 6.75. The molecule has 1 aromatic carbocycles. The molecule has 1 aliphatic rings. The van der Waals surface area contributed by atoms with Gasteiger partial charge in [0.05, 0.1) is 5.56 Å². The van der Waals surface area contributed by atoms with Crippen molar-refractivity contribution in [1.82, 2.24) is 0 Å². The summed E-state index contributed by atoms with van der Waals surface area (Å²) in [5.41, 5.74) is 2.54. The van der Waals surface area contributed by atoms with Crippen LogP contribution in [0.25, 0.3) is 6.08 Å². The molecule has 3 heteroatoms.